The van der Waals surface area contributed by atoms with Gasteiger partial charge in [0.25, 0.3) is 5.91 Å². The molecule has 46 heavy (non-hydrogen) atoms. The quantitative estimate of drug-likeness (QED) is 0.256. The third kappa shape index (κ3) is 6.85. The van der Waals surface area contributed by atoms with E-state index in [1.165, 1.54) is 12.1 Å². The highest BCUT2D eigenvalue weighted by molar-refractivity contribution is 5.88. The number of carbonyl (C=O) groups is 2. The fraction of sp³-hybridized carbons (Fsp3) is 0.600. The van der Waals surface area contributed by atoms with Crippen molar-refractivity contribution in [3.63, 3.8) is 0 Å². The van der Waals surface area contributed by atoms with Crippen molar-refractivity contribution < 1.29 is 36.6 Å². The largest absolute Gasteiger partial charge is 0.497 e. The topological polar surface area (TPSA) is 62.3 Å². The van der Waals surface area contributed by atoms with Gasteiger partial charge in [-0.2, -0.15) is 13.2 Å². The number of rotatable bonds is 7. The Balaban J connectivity index is 1.39. The van der Waals surface area contributed by atoms with Crippen molar-refractivity contribution in [2.45, 2.75) is 76.2 Å². The van der Waals surface area contributed by atoms with Crippen molar-refractivity contribution in [3.05, 3.63) is 59.2 Å². The zero-order valence-corrected chi connectivity index (χ0v) is 27.3. The molecular formula is C35H45F4N3O4. The van der Waals surface area contributed by atoms with Crippen LogP contribution >= 0.6 is 0 Å². The van der Waals surface area contributed by atoms with Crippen LogP contribution in [0.1, 0.15) is 75.5 Å². The van der Waals surface area contributed by atoms with Crippen molar-refractivity contribution in [3.8, 4) is 5.75 Å². The minimum Gasteiger partial charge on any atom is -0.497 e. The smallest absolute Gasteiger partial charge is 0.416 e. The summed E-state index contributed by atoms with van der Waals surface area (Å²) < 4.78 is 69.2. The van der Waals surface area contributed by atoms with Gasteiger partial charge >= 0.3 is 12.1 Å². The first kappa shape index (κ1) is 34.0. The summed E-state index contributed by atoms with van der Waals surface area (Å²) in [7, 11) is 1.56. The number of nitrogens with zero attached hydrogens (tertiary/aromatic N) is 3. The molecule has 252 valence electrons. The lowest BCUT2D eigenvalue weighted by molar-refractivity contribution is -0.148. The first-order valence-electron chi connectivity index (χ1n) is 16.2. The maximum atomic E-state index is 17.3. The second-order valence-corrected chi connectivity index (χ2v) is 13.8. The molecule has 0 aliphatic carbocycles. The van der Waals surface area contributed by atoms with E-state index in [9.17, 15) is 22.8 Å². The van der Waals surface area contributed by atoms with Crippen LogP contribution in [0.4, 0.5) is 23.2 Å². The van der Waals surface area contributed by atoms with E-state index in [4.69, 9.17) is 9.47 Å². The average Bonchev–Trinajstić information content (AvgIpc) is 3.66. The van der Waals surface area contributed by atoms with Gasteiger partial charge in [0, 0.05) is 62.3 Å². The molecule has 7 nitrogen and oxygen atoms in total. The Labute approximate surface area is 268 Å². The fourth-order valence-electron chi connectivity index (χ4n) is 7.17. The highest BCUT2D eigenvalue weighted by atomic mass is 19.4. The lowest BCUT2D eigenvalue weighted by Gasteiger charge is -2.35. The highest BCUT2D eigenvalue weighted by Gasteiger charge is 2.57. The SMILES string of the molecule is CCOC(=O)C1CCN(c2cc(C(F)(F)F)ccc2[C@H]2CCN(C(=O)[C@]3(F)CN(C(C)(C)C)C[C@H]3c3ccc(OC)cc3)C2)CC1. The van der Waals surface area contributed by atoms with Crippen LogP contribution < -0.4 is 9.64 Å². The van der Waals surface area contributed by atoms with Gasteiger partial charge in [0.05, 0.1) is 25.2 Å². The van der Waals surface area contributed by atoms with E-state index in [0.717, 1.165) is 11.6 Å². The normalized spacial score (nSPS) is 24.8. The molecule has 3 atom stereocenters. The summed E-state index contributed by atoms with van der Waals surface area (Å²) in [5.74, 6) is -1.44. The summed E-state index contributed by atoms with van der Waals surface area (Å²) in [6.45, 7) is 9.70. The van der Waals surface area contributed by atoms with Crippen molar-refractivity contribution in [1.82, 2.24) is 9.80 Å². The highest BCUT2D eigenvalue weighted by Crippen LogP contribution is 2.46. The van der Waals surface area contributed by atoms with Gasteiger partial charge in [0.15, 0.2) is 0 Å². The van der Waals surface area contributed by atoms with Crippen molar-refractivity contribution in [2.75, 3.05) is 57.9 Å². The Morgan fingerprint density at radius 2 is 1.63 bits per heavy atom. The van der Waals surface area contributed by atoms with Crippen LogP contribution in [0.25, 0.3) is 0 Å². The number of carbonyl (C=O) groups excluding carboxylic acids is 2. The van der Waals surface area contributed by atoms with Crippen LogP contribution in [0, 0.1) is 5.92 Å². The molecule has 3 aliphatic rings. The van der Waals surface area contributed by atoms with E-state index in [1.54, 1.807) is 31.1 Å². The predicted molar refractivity (Wildman–Crippen MR) is 168 cm³/mol. The maximum absolute atomic E-state index is 17.3. The summed E-state index contributed by atoms with van der Waals surface area (Å²) in [4.78, 5) is 31.9. The number of hydrogen-bond acceptors (Lipinski definition) is 6. The van der Waals surface area contributed by atoms with Crippen LogP contribution in [0.3, 0.4) is 0 Å². The zero-order valence-electron chi connectivity index (χ0n) is 27.3. The number of methoxy groups -OCH3 is 1. The second-order valence-electron chi connectivity index (χ2n) is 13.8. The van der Waals surface area contributed by atoms with E-state index in [1.807, 2.05) is 42.7 Å². The molecule has 2 aromatic carbocycles. The minimum absolute atomic E-state index is 0.0475. The van der Waals surface area contributed by atoms with Gasteiger partial charge in [-0.05, 0) is 82.3 Å². The maximum Gasteiger partial charge on any atom is 0.416 e. The number of anilines is 1. The molecule has 0 radical (unpaired) electrons. The van der Waals surface area contributed by atoms with Gasteiger partial charge in [-0.3, -0.25) is 14.5 Å². The Morgan fingerprint density at radius 1 is 0.957 bits per heavy atom. The summed E-state index contributed by atoms with van der Waals surface area (Å²) >= 11 is 0. The molecule has 0 saturated carbocycles. The Bertz CT molecular complexity index is 1400. The molecule has 2 aromatic rings. The van der Waals surface area contributed by atoms with Crippen molar-refractivity contribution in [1.29, 1.82) is 0 Å². The van der Waals surface area contributed by atoms with E-state index in [-0.39, 0.29) is 43.0 Å². The number of benzene rings is 2. The molecule has 0 spiro atoms. The number of amides is 1. The van der Waals surface area contributed by atoms with Gasteiger partial charge < -0.3 is 19.3 Å². The lowest BCUT2D eigenvalue weighted by atomic mass is 9.85. The molecule has 11 heteroatoms. The lowest BCUT2D eigenvalue weighted by Crippen LogP contribution is -2.51. The molecule has 0 aromatic heterocycles. The summed E-state index contributed by atoms with van der Waals surface area (Å²) in [6.07, 6.45) is -3.06. The monoisotopic (exact) mass is 647 g/mol. The van der Waals surface area contributed by atoms with Crippen molar-refractivity contribution in [2.24, 2.45) is 5.92 Å². The van der Waals surface area contributed by atoms with Crippen molar-refractivity contribution >= 4 is 17.6 Å². The van der Waals surface area contributed by atoms with Gasteiger partial charge in [0.1, 0.15) is 5.75 Å². The molecule has 3 aliphatic heterocycles. The second kappa shape index (κ2) is 13.0. The Hall–Kier alpha value is -3.34. The number of likely N-dealkylation sites (tertiary alicyclic amines) is 2. The molecule has 5 rings (SSSR count). The zero-order chi connectivity index (χ0) is 33.4. The summed E-state index contributed by atoms with van der Waals surface area (Å²) in [5, 5.41) is 0. The number of ether oxygens (including phenoxy) is 2. The van der Waals surface area contributed by atoms with Gasteiger partial charge in [-0.15, -0.1) is 0 Å². The Morgan fingerprint density at radius 3 is 2.22 bits per heavy atom. The van der Waals surface area contributed by atoms with Crippen LogP contribution in [0.15, 0.2) is 42.5 Å². The van der Waals surface area contributed by atoms with E-state index < -0.39 is 29.2 Å². The number of halogens is 4. The molecule has 0 bridgehead atoms. The molecule has 3 fully saturated rings. The number of hydrogen-bond donors (Lipinski definition) is 0. The molecule has 3 heterocycles. The standard InChI is InChI=1S/C35H45F4N3O4/c1-6-46-31(43)24-13-16-40(17-14-24)30-19-26(35(37,38)39)9-12-28(30)25-15-18-41(20-25)32(44)34(36)22-42(33(2,3)4)21-29(34)23-7-10-27(45-5)11-8-23/h7-12,19,24-25,29H,6,13-18,20-22H2,1-5H3/t25-,29-,34-/m0/s1. The summed E-state index contributed by atoms with van der Waals surface area (Å²) in [6, 6.07) is 10.9. The number of esters is 1. The fourth-order valence-corrected chi connectivity index (χ4v) is 7.17. The van der Waals surface area contributed by atoms with Gasteiger partial charge in [-0.25, -0.2) is 4.39 Å². The van der Waals surface area contributed by atoms with Crippen LogP contribution in [-0.2, 0) is 20.5 Å². The van der Waals surface area contributed by atoms with E-state index in [0.29, 0.717) is 62.4 Å². The third-order valence-electron chi connectivity index (χ3n) is 9.93. The Kier molecular flexibility index (Phi) is 9.64. The molecule has 3 saturated heterocycles. The van der Waals surface area contributed by atoms with Crippen LogP contribution in [-0.4, -0.2) is 85.9 Å². The average molecular weight is 648 g/mol. The van der Waals surface area contributed by atoms with Crippen LogP contribution in [0.2, 0.25) is 0 Å². The van der Waals surface area contributed by atoms with Gasteiger partial charge in [-0.1, -0.05) is 18.2 Å². The molecule has 1 amide bonds. The van der Waals surface area contributed by atoms with E-state index in [2.05, 4.69) is 0 Å². The molecular weight excluding hydrogens is 602 g/mol. The molecule has 0 unspecified atom stereocenters. The van der Waals surface area contributed by atoms with E-state index >= 15 is 4.39 Å². The van der Waals surface area contributed by atoms with Gasteiger partial charge in [0.2, 0.25) is 5.67 Å². The molecule has 0 N–H and O–H groups in total. The predicted octanol–water partition coefficient (Wildman–Crippen LogP) is 6.42. The van der Waals surface area contributed by atoms with Crippen LogP contribution in [0.5, 0.6) is 5.75 Å². The number of alkyl halides is 4. The minimum atomic E-state index is -4.52. The first-order valence-corrected chi connectivity index (χ1v) is 16.2. The summed E-state index contributed by atoms with van der Waals surface area (Å²) in [5.41, 5.74) is -1.39. The number of piperidine rings is 1. The first-order chi connectivity index (χ1) is 21.7. The third-order valence-corrected chi connectivity index (χ3v) is 9.93.